The number of nitrogens with zero attached hydrogens (tertiary/aromatic N) is 1. The van der Waals surface area contributed by atoms with Crippen molar-refractivity contribution in [1.82, 2.24) is 0 Å². The second kappa shape index (κ2) is 5.97. The molecular formula is C9H23NO4P+. The Balaban J connectivity index is 4.27. The molecule has 0 spiro atoms. The second-order valence-electron chi connectivity index (χ2n) is 4.49. The highest BCUT2D eigenvalue weighted by Gasteiger charge is 2.28. The van der Waals surface area contributed by atoms with E-state index in [4.69, 9.17) is 4.52 Å². The van der Waals surface area contributed by atoms with Gasteiger partial charge < -0.3 is 9.38 Å². The Bertz CT molecular complexity index is 227. The summed E-state index contributed by atoms with van der Waals surface area (Å²) in [6, 6.07) is 0. The third-order valence-corrected chi connectivity index (χ3v) is 2.93. The van der Waals surface area contributed by atoms with Gasteiger partial charge in [0.1, 0.15) is 12.6 Å². The topological polar surface area (TPSA) is 55.8 Å². The van der Waals surface area contributed by atoms with Gasteiger partial charge in [0.2, 0.25) is 0 Å². The summed E-state index contributed by atoms with van der Waals surface area (Å²) in [5.41, 5.74) is 0. The average Bonchev–Trinajstić information content (AvgIpc) is 1.99. The van der Waals surface area contributed by atoms with E-state index in [9.17, 15) is 9.46 Å². The van der Waals surface area contributed by atoms with Crippen LogP contribution in [0.1, 0.15) is 20.3 Å². The van der Waals surface area contributed by atoms with Crippen LogP contribution in [0.25, 0.3) is 0 Å². The van der Waals surface area contributed by atoms with Crippen molar-refractivity contribution in [3.63, 3.8) is 0 Å². The van der Waals surface area contributed by atoms with E-state index in [1.165, 1.54) is 0 Å². The van der Waals surface area contributed by atoms with Crippen molar-refractivity contribution in [2.75, 3.05) is 34.3 Å². The van der Waals surface area contributed by atoms with Gasteiger partial charge in [0, 0.05) is 0 Å². The van der Waals surface area contributed by atoms with Gasteiger partial charge in [-0.25, -0.2) is 4.57 Å². The summed E-state index contributed by atoms with van der Waals surface area (Å²) in [7, 11) is 2.17. The van der Waals surface area contributed by atoms with Crippen LogP contribution in [0.3, 0.4) is 0 Å². The highest BCUT2D eigenvalue weighted by Crippen LogP contribution is 2.44. The lowest BCUT2D eigenvalue weighted by Crippen LogP contribution is -2.41. The Labute approximate surface area is 92.2 Å². The number of rotatable bonds is 7. The minimum absolute atomic E-state index is 0.175. The number of phosphoric acid groups is 1. The number of quaternary nitrogens is 1. The molecule has 0 aromatic carbocycles. The minimum Gasteiger partial charge on any atom is -0.329 e. The molecule has 2 unspecified atom stereocenters. The van der Waals surface area contributed by atoms with Crippen molar-refractivity contribution >= 4 is 7.82 Å². The maximum atomic E-state index is 11.4. The Morgan fingerprint density at radius 1 is 1.33 bits per heavy atom. The molecule has 5 nitrogen and oxygen atoms in total. The standard InChI is InChI=1S/C9H22NO4P/c1-6-9(8-10(3,4)5)14-15(11,12)13-7-2/h9H,6-8H2,1-5H3/p+1. The molecule has 0 amide bonds. The van der Waals surface area contributed by atoms with E-state index in [2.05, 4.69) is 4.52 Å². The fourth-order valence-corrected chi connectivity index (χ4v) is 2.21. The van der Waals surface area contributed by atoms with Crippen LogP contribution in [0.4, 0.5) is 0 Å². The Kier molecular flexibility index (Phi) is 5.99. The molecule has 6 heteroatoms. The molecule has 0 aliphatic heterocycles. The van der Waals surface area contributed by atoms with Gasteiger partial charge in [-0.3, -0.25) is 9.05 Å². The van der Waals surface area contributed by atoms with Crippen LogP contribution in [0, 0.1) is 0 Å². The molecule has 0 radical (unpaired) electrons. The first-order valence-electron chi connectivity index (χ1n) is 5.16. The van der Waals surface area contributed by atoms with Crippen molar-refractivity contribution < 1.29 is 23.0 Å². The molecule has 92 valence electrons. The van der Waals surface area contributed by atoms with E-state index in [0.29, 0.717) is 17.4 Å². The fourth-order valence-electron chi connectivity index (χ4n) is 1.23. The van der Waals surface area contributed by atoms with Gasteiger partial charge in [-0.15, -0.1) is 0 Å². The van der Waals surface area contributed by atoms with Gasteiger partial charge in [0.05, 0.1) is 27.7 Å². The zero-order valence-electron chi connectivity index (χ0n) is 10.3. The fraction of sp³-hybridized carbons (Fsp3) is 1.00. The molecule has 1 N–H and O–H groups in total. The van der Waals surface area contributed by atoms with Crippen molar-refractivity contribution in [3.8, 4) is 0 Å². The Morgan fingerprint density at radius 3 is 2.20 bits per heavy atom. The molecule has 0 bridgehead atoms. The van der Waals surface area contributed by atoms with Crippen LogP contribution in [-0.2, 0) is 13.6 Å². The van der Waals surface area contributed by atoms with Gasteiger partial charge in [0.15, 0.2) is 0 Å². The Hall–Kier alpha value is 0.0700. The molecule has 0 aromatic rings. The van der Waals surface area contributed by atoms with Crippen molar-refractivity contribution in [1.29, 1.82) is 0 Å². The van der Waals surface area contributed by atoms with E-state index in [-0.39, 0.29) is 12.7 Å². The van der Waals surface area contributed by atoms with Crippen LogP contribution in [-0.4, -0.2) is 49.8 Å². The predicted molar refractivity (Wildman–Crippen MR) is 59.5 cm³/mol. The summed E-state index contributed by atoms with van der Waals surface area (Å²) in [5.74, 6) is 0. The zero-order chi connectivity index (χ0) is 12.1. The summed E-state index contributed by atoms with van der Waals surface area (Å²) in [6.45, 7) is 4.43. The SMILES string of the molecule is CCOP(=O)(O)OC(CC)C[N+](C)(C)C. The summed E-state index contributed by atoms with van der Waals surface area (Å²) in [6.07, 6.45) is 0.431. The monoisotopic (exact) mass is 240 g/mol. The molecule has 0 aromatic heterocycles. The molecule has 0 aliphatic rings. The summed E-state index contributed by atoms with van der Waals surface area (Å²) in [4.78, 5) is 9.32. The third-order valence-electron chi connectivity index (χ3n) is 1.78. The van der Waals surface area contributed by atoms with Gasteiger partial charge >= 0.3 is 7.82 Å². The molecule has 0 fully saturated rings. The van der Waals surface area contributed by atoms with Gasteiger partial charge in [-0.1, -0.05) is 6.92 Å². The lowest BCUT2D eigenvalue weighted by atomic mass is 10.2. The highest BCUT2D eigenvalue weighted by molar-refractivity contribution is 7.47. The van der Waals surface area contributed by atoms with Crippen molar-refractivity contribution in [3.05, 3.63) is 0 Å². The summed E-state index contributed by atoms with van der Waals surface area (Å²) >= 11 is 0. The maximum absolute atomic E-state index is 11.4. The first-order chi connectivity index (χ1) is 6.70. The number of likely N-dealkylation sites (N-methyl/N-ethyl adjacent to an activating group) is 1. The van der Waals surface area contributed by atoms with E-state index in [0.717, 1.165) is 0 Å². The normalized spacial score (nSPS) is 18.5. The van der Waals surface area contributed by atoms with Crippen LogP contribution >= 0.6 is 7.82 Å². The maximum Gasteiger partial charge on any atom is 0.472 e. The molecule has 0 saturated heterocycles. The molecule has 0 aliphatic carbocycles. The first kappa shape index (κ1) is 15.1. The van der Waals surface area contributed by atoms with Gasteiger partial charge in [-0.2, -0.15) is 0 Å². The molecule has 15 heavy (non-hydrogen) atoms. The van der Waals surface area contributed by atoms with Crippen LogP contribution < -0.4 is 0 Å². The third kappa shape index (κ3) is 7.94. The molecular weight excluding hydrogens is 217 g/mol. The number of hydrogen-bond donors (Lipinski definition) is 1. The van der Waals surface area contributed by atoms with Crippen LogP contribution in [0.2, 0.25) is 0 Å². The summed E-state index contributed by atoms with van der Waals surface area (Å²) < 4.78 is 21.8. The smallest absolute Gasteiger partial charge is 0.329 e. The number of phosphoric ester groups is 1. The van der Waals surface area contributed by atoms with Crippen molar-refractivity contribution in [2.45, 2.75) is 26.4 Å². The highest BCUT2D eigenvalue weighted by atomic mass is 31.2. The number of hydrogen-bond acceptors (Lipinski definition) is 3. The second-order valence-corrected chi connectivity index (χ2v) is 5.90. The van der Waals surface area contributed by atoms with Gasteiger partial charge in [0.25, 0.3) is 0 Å². The van der Waals surface area contributed by atoms with Crippen LogP contribution in [0.5, 0.6) is 0 Å². The van der Waals surface area contributed by atoms with Crippen LogP contribution in [0.15, 0.2) is 0 Å². The molecule has 2 atom stereocenters. The van der Waals surface area contributed by atoms with E-state index in [1.807, 2.05) is 28.1 Å². The summed E-state index contributed by atoms with van der Waals surface area (Å²) in [5, 5.41) is 0. The molecule has 0 rings (SSSR count). The average molecular weight is 240 g/mol. The van der Waals surface area contributed by atoms with E-state index in [1.54, 1.807) is 6.92 Å². The lowest BCUT2D eigenvalue weighted by molar-refractivity contribution is -0.873. The van der Waals surface area contributed by atoms with E-state index >= 15 is 0 Å². The minimum atomic E-state index is -3.86. The Morgan fingerprint density at radius 2 is 1.87 bits per heavy atom. The molecule has 0 heterocycles. The van der Waals surface area contributed by atoms with Gasteiger partial charge in [-0.05, 0) is 13.3 Å². The first-order valence-corrected chi connectivity index (χ1v) is 6.66. The van der Waals surface area contributed by atoms with Crippen molar-refractivity contribution in [2.24, 2.45) is 0 Å². The zero-order valence-corrected chi connectivity index (χ0v) is 11.2. The predicted octanol–water partition coefficient (Wildman–Crippen LogP) is 1.62. The lowest BCUT2D eigenvalue weighted by Gasteiger charge is -2.29. The molecule has 0 saturated carbocycles. The van der Waals surface area contributed by atoms with E-state index < -0.39 is 7.82 Å². The largest absolute Gasteiger partial charge is 0.472 e. The quantitative estimate of drug-likeness (QED) is 0.542.